The van der Waals surface area contributed by atoms with Crippen LogP contribution in [0.25, 0.3) is 88.0 Å². The molecule has 46 heavy (non-hydrogen) atoms. The topological polar surface area (TPSA) is 0 Å². The van der Waals surface area contributed by atoms with Crippen LogP contribution in [0.15, 0.2) is 182 Å². The number of benzene rings is 9. The highest BCUT2D eigenvalue weighted by molar-refractivity contribution is 6.27. The first-order valence-electron chi connectivity index (χ1n) is 15.9. The molecule has 0 nitrogen and oxygen atoms in total. The van der Waals surface area contributed by atoms with Crippen molar-refractivity contribution >= 4 is 32.3 Å². The molecule has 0 heterocycles. The number of rotatable bonds is 5. The maximum atomic E-state index is 2.31. The third kappa shape index (κ3) is 4.47. The Labute approximate surface area is 269 Å². The Kier molecular flexibility index (Phi) is 6.25. The van der Waals surface area contributed by atoms with Crippen molar-refractivity contribution < 1.29 is 0 Å². The predicted molar refractivity (Wildman–Crippen MR) is 197 cm³/mol. The third-order valence-electron chi connectivity index (χ3n) is 9.49. The van der Waals surface area contributed by atoms with E-state index in [4.69, 9.17) is 0 Å². The van der Waals surface area contributed by atoms with Gasteiger partial charge in [-0.15, -0.1) is 0 Å². The molecule has 0 fully saturated rings. The molecule has 0 heteroatoms. The summed E-state index contributed by atoms with van der Waals surface area (Å²) in [6.45, 7) is 0. The minimum atomic E-state index is 1.23. The molecule has 0 saturated heterocycles. The van der Waals surface area contributed by atoms with E-state index in [1.54, 1.807) is 0 Å². The van der Waals surface area contributed by atoms with E-state index in [1.165, 1.54) is 88.0 Å². The maximum absolute atomic E-state index is 2.31. The highest BCUT2D eigenvalue weighted by Gasteiger charge is 2.15. The van der Waals surface area contributed by atoms with Crippen LogP contribution >= 0.6 is 0 Å². The molecule has 9 rings (SSSR count). The Morgan fingerprint density at radius 3 is 0.826 bits per heavy atom. The summed E-state index contributed by atoms with van der Waals surface area (Å²) < 4.78 is 0. The second-order valence-corrected chi connectivity index (χ2v) is 12.1. The summed E-state index contributed by atoms with van der Waals surface area (Å²) in [7, 11) is 0. The Morgan fingerprint density at radius 1 is 0.196 bits per heavy atom. The first-order chi connectivity index (χ1) is 22.8. The summed E-state index contributed by atoms with van der Waals surface area (Å²) in [4.78, 5) is 0. The van der Waals surface area contributed by atoms with E-state index in [2.05, 4.69) is 182 Å². The first kappa shape index (κ1) is 26.4. The van der Waals surface area contributed by atoms with Crippen LogP contribution in [-0.2, 0) is 0 Å². The van der Waals surface area contributed by atoms with Crippen LogP contribution in [0.5, 0.6) is 0 Å². The Bertz CT molecular complexity index is 2450. The van der Waals surface area contributed by atoms with Crippen molar-refractivity contribution in [1.29, 1.82) is 0 Å². The fourth-order valence-corrected chi connectivity index (χ4v) is 7.11. The normalized spacial score (nSPS) is 11.5. The van der Waals surface area contributed by atoms with E-state index in [0.29, 0.717) is 0 Å². The van der Waals surface area contributed by atoms with Crippen LogP contribution in [0.2, 0.25) is 0 Å². The molecule has 0 amide bonds. The van der Waals surface area contributed by atoms with Crippen molar-refractivity contribution in [1.82, 2.24) is 0 Å². The summed E-state index contributed by atoms with van der Waals surface area (Å²) in [5.41, 5.74) is 12.4. The SMILES string of the molecule is c1ccc(-c2ccc(-c3ccc(-c4ccc5ccc6c(-c7ccc(-c8ccccc8)cc7)ccc7ccc4c5c76)cc3)cc2)cc1. The average Bonchev–Trinajstić information content (AvgIpc) is 3.15. The lowest BCUT2D eigenvalue weighted by Gasteiger charge is -2.17. The van der Waals surface area contributed by atoms with Crippen LogP contribution in [0, 0.1) is 0 Å². The Morgan fingerprint density at radius 2 is 0.478 bits per heavy atom. The van der Waals surface area contributed by atoms with Crippen LogP contribution in [-0.4, -0.2) is 0 Å². The lowest BCUT2D eigenvalue weighted by Crippen LogP contribution is -1.89. The summed E-state index contributed by atoms with van der Waals surface area (Å²) in [6, 6.07) is 66.4. The molecule has 0 aromatic heterocycles. The molecule has 0 spiro atoms. The summed E-state index contributed by atoms with van der Waals surface area (Å²) in [5, 5.41) is 7.85. The monoisotopic (exact) mass is 582 g/mol. The zero-order valence-corrected chi connectivity index (χ0v) is 25.3. The maximum Gasteiger partial charge on any atom is -0.00203 e. The van der Waals surface area contributed by atoms with Gasteiger partial charge in [0.05, 0.1) is 0 Å². The highest BCUT2D eigenvalue weighted by atomic mass is 14.2. The summed E-state index contributed by atoms with van der Waals surface area (Å²) in [6.07, 6.45) is 0. The van der Waals surface area contributed by atoms with Crippen LogP contribution in [0.3, 0.4) is 0 Å². The van der Waals surface area contributed by atoms with Crippen molar-refractivity contribution in [3.63, 3.8) is 0 Å². The lowest BCUT2D eigenvalue weighted by molar-refractivity contribution is 1.58. The molecule has 0 saturated carbocycles. The molecule has 0 aliphatic heterocycles. The van der Waals surface area contributed by atoms with Gasteiger partial charge in [0.15, 0.2) is 0 Å². The van der Waals surface area contributed by atoms with Gasteiger partial charge in [0, 0.05) is 0 Å². The van der Waals surface area contributed by atoms with E-state index in [9.17, 15) is 0 Å². The summed E-state index contributed by atoms with van der Waals surface area (Å²) >= 11 is 0. The van der Waals surface area contributed by atoms with E-state index in [1.807, 2.05) is 0 Å². The molecule has 214 valence electrons. The van der Waals surface area contributed by atoms with Crippen LogP contribution in [0.1, 0.15) is 0 Å². The quantitative estimate of drug-likeness (QED) is 0.177. The molecule has 0 N–H and O–H groups in total. The van der Waals surface area contributed by atoms with Gasteiger partial charge in [-0.25, -0.2) is 0 Å². The molecule has 0 atom stereocenters. The van der Waals surface area contributed by atoms with Gasteiger partial charge in [-0.05, 0) is 88.0 Å². The standard InChI is InChI=1S/C46H30/c1-3-7-31(8-4-1)33-11-13-35(14-12-33)36-17-21-38(22-18-36)42-28-24-40-25-29-43-41(27-23-39-26-30-44(42)46(40)45(39)43)37-19-15-34(16-20-37)32-9-5-2-6-10-32/h1-30H. The van der Waals surface area contributed by atoms with Gasteiger partial charge in [-0.1, -0.05) is 182 Å². The van der Waals surface area contributed by atoms with Crippen molar-refractivity contribution in [2.75, 3.05) is 0 Å². The average molecular weight is 583 g/mol. The molecule has 0 unspecified atom stereocenters. The Hall–Kier alpha value is -5.98. The zero-order valence-electron chi connectivity index (χ0n) is 25.3. The zero-order chi connectivity index (χ0) is 30.5. The summed E-state index contributed by atoms with van der Waals surface area (Å²) in [5.74, 6) is 0. The van der Waals surface area contributed by atoms with Crippen LogP contribution < -0.4 is 0 Å². The van der Waals surface area contributed by atoms with Crippen molar-refractivity contribution in [2.45, 2.75) is 0 Å². The molecule has 0 aliphatic rings. The molecule has 0 bridgehead atoms. The minimum Gasteiger partial charge on any atom is -0.0622 e. The smallest absolute Gasteiger partial charge is 0.00203 e. The molecule has 9 aromatic rings. The second-order valence-electron chi connectivity index (χ2n) is 12.1. The second kappa shape index (κ2) is 10.9. The van der Waals surface area contributed by atoms with Gasteiger partial charge in [-0.3, -0.25) is 0 Å². The van der Waals surface area contributed by atoms with Gasteiger partial charge >= 0.3 is 0 Å². The van der Waals surface area contributed by atoms with Crippen molar-refractivity contribution in [2.24, 2.45) is 0 Å². The van der Waals surface area contributed by atoms with Crippen molar-refractivity contribution in [3.8, 4) is 55.6 Å². The fraction of sp³-hybridized carbons (Fsp3) is 0. The highest BCUT2D eigenvalue weighted by Crippen LogP contribution is 2.42. The third-order valence-corrected chi connectivity index (χ3v) is 9.49. The number of hydrogen-bond acceptors (Lipinski definition) is 0. The first-order valence-corrected chi connectivity index (χ1v) is 15.9. The molecule has 0 aliphatic carbocycles. The lowest BCUT2D eigenvalue weighted by atomic mass is 9.87. The van der Waals surface area contributed by atoms with Gasteiger partial charge in [0.1, 0.15) is 0 Å². The van der Waals surface area contributed by atoms with E-state index in [-0.39, 0.29) is 0 Å². The minimum absolute atomic E-state index is 1.23. The molecular weight excluding hydrogens is 553 g/mol. The molecule has 9 aromatic carbocycles. The number of hydrogen-bond donors (Lipinski definition) is 0. The van der Waals surface area contributed by atoms with E-state index >= 15 is 0 Å². The molecular formula is C46H30. The fourth-order valence-electron chi connectivity index (χ4n) is 7.11. The van der Waals surface area contributed by atoms with Crippen LogP contribution in [0.4, 0.5) is 0 Å². The Balaban J connectivity index is 1.10. The predicted octanol–water partition coefficient (Wildman–Crippen LogP) is 12.9. The largest absolute Gasteiger partial charge is 0.0622 e. The van der Waals surface area contributed by atoms with Gasteiger partial charge < -0.3 is 0 Å². The molecule has 0 radical (unpaired) electrons. The van der Waals surface area contributed by atoms with Gasteiger partial charge in [0.25, 0.3) is 0 Å². The van der Waals surface area contributed by atoms with Crippen molar-refractivity contribution in [3.05, 3.63) is 182 Å². The van der Waals surface area contributed by atoms with Gasteiger partial charge in [-0.2, -0.15) is 0 Å². The van der Waals surface area contributed by atoms with E-state index in [0.717, 1.165) is 0 Å². The van der Waals surface area contributed by atoms with E-state index < -0.39 is 0 Å². The van der Waals surface area contributed by atoms with Gasteiger partial charge in [0.2, 0.25) is 0 Å².